The van der Waals surface area contributed by atoms with Crippen LogP contribution in [0.2, 0.25) is 0 Å². The molecule has 1 aromatic heterocycles. The summed E-state index contributed by atoms with van der Waals surface area (Å²) < 4.78 is 2.48. The smallest absolute Gasteiger partial charge is 0.0625 e. The summed E-state index contributed by atoms with van der Waals surface area (Å²) in [5.41, 5.74) is 16.4. The lowest BCUT2D eigenvalue weighted by atomic mass is 9.97. The first-order valence-corrected chi connectivity index (χ1v) is 22.0. The predicted octanol–water partition coefficient (Wildman–Crippen LogP) is 17.2. The molecule has 0 aliphatic heterocycles. The molecule has 0 N–H and O–H groups in total. The summed E-state index contributed by atoms with van der Waals surface area (Å²) in [6.07, 6.45) is 0. The lowest BCUT2D eigenvalue weighted by Gasteiger charge is -2.26. The molecular formula is C62H42N2. The maximum atomic E-state index is 2.48. The summed E-state index contributed by atoms with van der Waals surface area (Å²) in [6, 6.07) is 92.5. The molecule has 0 amide bonds. The van der Waals surface area contributed by atoms with E-state index in [-0.39, 0.29) is 0 Å². The minimum absolute atomic E-state index is 1.09. The van der Waals surface area contributed by atoms with Gasteiger partial charge in [0.2, 0.25) is 0 Å². The van der Waals surface area contributed by atoms with Gasteiger partial charge in [0, 0.05) is 38.9 Å². The van der Waals surface area contributed by atoms with Crippen LogP contribution in [0.15, 0.2) is 255 Å². The highest BCUT2D eigenvalue weighted by molar-refractivity contribution is 6.32. The van der Waals surface area contributed by atoms with E-state index in [2.05, 4.69) is 264 Å². The Balaban J connectivity index is 0.962. The minimum Gasteiger partial charge on any atom is -0.310 e. The molecule has 0 aliphatic rings. The zero-order valence-corrected chi connectivity index (χ0v) is 35.1. The zero-order chi connectivity index (χ0) is 42.4. The molecule has 1 heterocycles. The van der Waals surface area contributed by atoms with Gasteiger partial charge in [-0.15, -0.1) is 0 Å². The topological polar surface area (TPSA) is 8.17 Å². The number of anilines is 3. The standard InChI is InChI=1S/C62H42N2/c1-3-15-43(16-4-1)45-29-31-46(32-30-45)48-35-39-52(40-36-48)63(51-37-33-47(34-38-51)44-17-5-2-6-18-44)53-21-13-19-49(41-53)50-20-14-22-54(42-50)64-60-28-12-11-27-59(60)61-57-25-9-7-23-55(57)56-24-8-10-26-58(56)62(61)64/h1-42H. The van der Waals surface area contributed by atoms with Crippen molar-refractivity contribution in [2.75, 3.05) is 4.90 Å². The lowest BCUT2D eigenvalue weighted by Crippen LogP contribution is -2.10. The first-order valence-electron chi connectivity index (χ1n) is 22.0. The molecule has 11 aromatic carbocycles. The summed E-state index contributed by atoms with van der Waals surface area (Å²) in [4.78, 5) is 2.37. The van der Waals surface area contributed by atoms with Crippen LogP contribution >= 0.6 is 0 Å². The summed E-state index contributed by atoms with van der Waals surface area (Å²) >= 11 is 0. The molecule has 0 fully saturated rings. The SMILES string of the molecule is c1ccc(-c2ccc(-c3ccc(N(c4ccc(-c5ccccc5)cc4)c4cccc(-c5cccc(-n6c7ccccc7c7c8ccccc8c8ccccc8c76)c5)c4)cc3)cc2)cc1. The fourth-order valence-electron chi connectivity index (χ4n) is 9.71. The molecule has 0 unspecified atom stereocenters. The third kappa shape index (κ3) is 6.52. The first kappa shape index (κ1) is 37.3. The van der Waals surface area contributed by atoms with Crippen LogP contribution < -0.4 is 4.90 Å². The van der Waals surface area contributed by atoms with Gasteiger partial charge in [-0.05, 0) is 115 Å². The Kier molecular flexibility index (Phi) is 9.20. The number of nitrogens with zero attached hydrogens (tertiary/aromatic N) is 2. The second-order valence-corrected chi connectivity index (χ2v) is 16.5. The summed E-state index contributed by atoms with van der Waals surface area (Å²) in [7, 11) is 0. The highest BCUT2D eigenvalue weighted by Gasteiger charge is 2.20. The van der Waals surface area contributed by atoms with E-state index in [4.69, 9.17) is 0 Å². The van der Waals surface area contributed by atoms with Gasteiger partial charge in [0.1, 0.15) is 0 Å². The Morgan fingerprint density at radius 3 is 1.23 bits per heavy atom. The third-order valence-electron chi connectivity index (χ3n) is 12.8. The molecule has 2 nitrogen and oxygen atoms in total. The molecular weight excluding hydrogens is 773 g/mol. The van der Waals surface area contributed by atoms with Gasteiger partial charge in [-0.2, -0.15) is 0 Å². The Morgan fingerprint density at radius 2 is 0.656 bits per heavy atom. The van der Waals surface area contributed by atoms with E-state index in [9.17, 15) is 0 Å². The van der Waals surface area contributed by atoms with Crippen LogP contribution in [-0.2, 0) is 0 Å². The Bertz CT molecular complexity index is 3620. The van der Waals surface area contributed by atoms with E-state index in [0.29, 0.717) is 0 Å². The van der Waals surface area contributed by atoms with E-state index in [1.54, 1.807) is 0 Å². The van der Waals surface area contributed by atoms with Crippen molar-refractivity contribution in [3.8, 4) is 50.2 Å². The molecule has 2 heteroatoms. The number of benzene rings is 11. The maximum Gasteiger partial charge on any atom is 0.0625 e. The van der Waals surface area contributed by atoms with Crippen LogP contribution in [-0.4, -0.2) is 4.57 Å². The van der Waals surface area contributed by atoms with Crippen LogP contribution in [0, 0.1) is 0 Å². The first-order chi connectivity index (χ1) is 31.7. The van der Waals surface area contributed by atoms with Crippen molar-refractivity contribution in [1.82, 2.24) is 4.57 Å². The number of hydrogen-bond acceptors (Lipinski definition) is 1. The molecule has 0 saturated carbocycles. The molecule has 12 aromatic rings. The fraction of sp³-hybridized carbons (Fsp3) is 0. The number of rotatable bonds is 8. The summed E-state index contributed by atoms with van der Waals surface area (Å²) in [6.45, 7) is 0. The molecule has 0 bridgehead atoms. The lowest BCUT2D eigenvalue weighted by molar-refractivity contribution is 1.19. The number of fused-ring (bicyclic) bond motifs is 8. The third-order valence-corrected chi connectivity index (χ3v) is 12.8. The van der Waals surface area contributed by atoms with Gasteiger partial charge in [0.05, 0.1) is 11.0 Å². The minimum atomic E-state index is 1.09. The van der Waals surface area contributed by atoms with Gasteiger partial charge < -0.3 is 9.47 Å². The van der Waals surface area contributed by atoms with Crippen molar-refractivity contribution >= 4 is 60.4 Å². The predicted molar refractivity (Wildman–Crippen MR) is 272 cm³/mol. The zero-order valence-electron chi connectivity index (χ0n) is 35.1. The largest absolute Gasteiger partial charge is 0.310 e. The van der Waals surface area contributed by atoms with Crippen LogP contribution in [0.5, 0.6) is 0 Å². The normalized spacial score (nSPS) is 11.4. The molecule has 12 rings (SSSR count). The van der Waals surface area contributed by atoms with Crippen molar-refractivity contribution in [2.45, 2.75) is 0 Å². The molecule has 0 radical (unpaired) electrons. The Morgan fingerprint density at radius 1 is 0.250 bits per heavy atom. The van der Waals surface area contributed by atoms with Crippen molar-refractivity contribution in [3.63, 3.8) is 0 Å². The molecule has 300 valence electrons. The second kappa shape index (κ2) is 15.8. The van der Waals surface area contributed by atoms with Crippen LogP contribution in [0.4, 0.5) is 17.1 Å². The highest BCUT2D eigenvalue weighted by atomic mass is 15.1. The molecule has 64 heavy (non-hydrogen) atoms. The number of aromatic nitrogens is 1. The second-order valence-electron chi connectivity index (χ2n) is 16.5. The van der Waals surface area contributed by atoms with Crippen molar-refractivity contribution in [1.29, 1.82) is 0 Å². The van der Waals surface area contributed by atoms with Crippen LogP contribution in [0.1, 0.15) is 0 Å². The average molecular weight is 815 g/mol. The van der Waals surface area contributed by atoms with E-state index in [0.717, 1.165) is 33.9 Å². The quantitative estimate of drug-likeness (QED) is 0.139. The van der Waals surface area contributed by atoms with E-state index in [1.807, 2.05) is 0 Å². The van der Waals surface area contributed by atoms with Gasteiger partial charge in [-0.1, -0.05) is 200 Å². The van der Waals surface area contributed by atoms with Crippen molar-refractivity contribution < 1.29 is 0 Å². The average Bonchev–Trinajstić information content (AvgIpc) is 3.74. The van der Waals surface area contributed by atoms with E-state index in [1.165, 1.54) is 76.7 Å². The fourth-order valence-corrected chi connectivity index (χ4v) is 9.71. The molecule has 0 saturated heterocycles. The van der Waals surface area contributed by atoms with Crippen LogP contribution in [0.25, 0.3) is 93.5 Å². The van der Waals surface area contributed by atoms with Gasteiger partial charge >= 0.3 is 0 Å². The number of para-hydroxylation sites is 1. The van der Waals surface area contributed by atoms with Gasteiger partial charge in [0.15, 0.2) is 0 Å². The summed E-state index contributed by atoms with van der Waals surface area (Å²) in [5.74, 6) is 0. The molecule has 0 aliphatic carbocycles. The van der Waals surface area contributed by atoms with E-state index < -0.39 is 0 Å². The van der Waals surface area contributed by atoms with Crippen molar-refractivity contribution in [3.05, 3.63) is 255 Å². The van der Waals surface area contributed by atoms with Crippen LogP contribution in [0.3, 0.4) is 0 Å². The summed E-state index contributed by atoms with van der Waals surface area (Å²) in [5, 5.41) is 7.64. The highest BCUT2D eigenvalue weighted by Crippen LogP contribution is 2.43. The van der Waals surface area contributed by atoms with Gasteiger partial charge in [-0.25, -0.2) is 0 Å². The maximum absolute atomic E-state index is 2.48. The van der Waals surface area contributed by atoms with Crippen molar-refractivity contribution in [2.24, 2.45) is 0 Å². The molecule has 0 spiro atoms. The number of hydrogen-bond donors (Lipinski definition) is 0. The van der Waals surface area contributed by atoms with E-state index >= 15 is 0 Å². The Labute approximate surface area is 373 Å². The monoisotopic (exact) mass is 814 g/mol. The Hall–Kier alpha value is -8.46. The van der Waals surface area contributed by atoms with Gasteiger partial charge in [-0.3, -0.25) is 0 Å². The van der Waals surface area contributed by atoms with Gasteiger partial charge in [0.25, 0.3) is 0 Å². The molecule has 0 atom stereocenters.